The number of anilines is 1. The van der Waals surface area contributed by atoms with Crippen molar-refractivity contribution in [3.8, 4) is 5.75 Å². The molecule has 2 unspecified atom stereocenters. The number of imidazole rings is 1. The monoisotopic (exact) mass is 590 g/mol. The average molecular weight is 591 g/mol. The Bertz CT molecular complexity index is 1340. The van der Waals surface area contributed by atoms with Crippen molar-refractivity contribution in [1.29, 1.82) is 0 Å². The molecule has 1 fully saturated rings. The topological polar surface area (TPSA) is 155 Å². The molecule has 1 aliphatic heterocycles. The summed E-state index contributed by atoms with van der Waals surface area (Å²) < 4.78 is 12.7. The summed E-state index contributed by atoms with van der Waals surface area (Å²) in [6, 6.07) is 16.6. The molecule has 1 aliphatic rings. The standard InChI is InChI=1S/C28H32N4O4.C4H10N2O/c1-3-22(19-36-18-21-9-5-4-6-10-21)27(33)30-25-17-32(20-29-25)26(28(34)31-15-7-8-16-31)23-11-13-24(35-2)14-12-23;1-4(2,6)3(5)7/h3-6,9-14,17,20,22,26H,1,7-8,15-16,18-19H2,2H3,(H,30,33);6H2,1-2H3,(H2,5,7). The van der Waals surface area contributed by atoms with Crippen LogP contribution >= 0.6 is 0 Å². The van der Waals surface area contributed by atoms with E-state index in [9.17, 15) is 14.4 Å². The Morgan fingerprint density at radius 1 is 1.09 bits per heavy atom. The summed E-state index contributed by atoms with van der Waals surface area (Å²) in [4.78, 5) is 42.6. The van der Waals surface area contributed by atoms with E-state index >= 15 is 0 Å². The van der Waals surface area contributed by atoms with Gasteiger partial charge < -0.3 is 35.7 Å². The Labute approximate surface area is 252 Å². The van der Waals surface area contributed by atoms with Crippen LogP contribution in [-0.2, 0) is 25.7 Å². The maximum atomic E-state index is 13.5. The minimum Gasteiger partial charge on any atom is -0.497 e. The summed E-state index contributed by atoms with van der Waals surface area (Å²) in [6.07, 6.45) is 6.83. The number of aromatic nitrogens is 2. The largest absolute Gasteiger partial charge is 0.497 e. The van der Waals surface area contributed by atoms with Gasteiger partial charge in [-0.05, 0) is 49.9 Å². The number of likely N-dealkylation sites (tertiary alicyclic amines) is 1. The van der Waals surface area contributed by atoms with Crippen molar-refractivity contribution in [3.05, 3.63) is 90.9 Å². The molecule has 230 valence electrons. The number of nitrogens with two attached hydrogens (primary N) is 2. The van der Waals surface area contributed by atoms with Crippen molar-refractivity contribution in [1.82, 2.24) is 14.5 Å². The summed E-state index contributed by atoms with van der Waals surface area (Å²) in [5.41, 5.74) is 11.0. The molecule has 2 heterocycles. The van der Waals surface area contributed by atoms with Crippen molar-refractivity contribution in [2.75, 3.05) is 32.1 Å². The highest BCUT2D eigenvalue weighted by molar-refractivity contribution is 5.93. The van der Waals surface area contributed by atoms with Gasteiger partial charge >= 0.3 is 0 Å². The van der Waals surface area contributed by atoms with Gasteiger partial charge in [-0.15, -0.1) is 6.58 Å². The normalized spacial score (nSPS) is 14.2. The van der Waals surface area contributed by atoms with Gasteiger partial charge in [0.25, 0.3) is 0 Å². The van der Waals surface area contributed by atoms with Gasteiger partial charge in [0, 0.05) is 19.3 Å². The molecule has 0 spiro atoms. The number of hydrogen-bond acceptors (Lipinski definition) is 7. The molecule has 3 amide bonds. The summed E-state index contributed by atoms with van der Waals surface area (Å²) >= 11 is 0. The summed E-state index contributed by atoms with van der Waals surface area (Å²) in [7, 11) is 1.61. The van der Waals surface area contributed by atoms with E-state index in [1.54, 1.807) is 44.1 Å². The minimum atomic E-state index is -0.861. The number of hydrogen-bond donors (Lipinski definition) is 3. The van der Waals surface area contributed by atoms with Gasteiger partial charge in [-0.2, -0.15) is 0 Å². The van der Waals surface area contributed by atoms with E-state index in [0.717, 1.165) is 42.8 Å². The number of carbonyl (C=O) groups is 3. The van der Waals surface area contributed by atoms with Crippen LogP contribution in [0.5, 0.6) is 5.75 Å². The Hall–Kier alpha value is -4.48. The van der Waals surface area contributed by atoms with Gasteiger partial charge in [-0.25, -0.2) is 4.98 Å². The molecule has 3 aromatic rings. The lowest BCUT2D eigenvalue weighted by Gasteiger charge is -2.24. The number of benzene rings is 2. The third kappa shape index (κ3) is 9.79. The second-order valence-electron chi connectivity index (χ2n) is 10.8. The van der Waals surface area contributed by atoms with Crippen LogP contribution in [0.3, 0.4) is 0 Å². The molecule has 1 saturated heterocycles. The number of rotatable bonds is 12. The van der Waals surface area contributed by atoms with Crippen LogP contribution in [-0.4, -0.2) is 64.5 Å². The molecular weight excluding hydrogens is 548 g/mol. The molecule has 43 heavy (non-hydrogen) atoms. The maximum absolute atomic E-state index is 13.5. The van der Waals surface area contributed by atoms with Crippen LogP contribution in [0.4, 0.5) is 5.82 Å². The highest BCUT2D eigenvalue weighted by Gasteiger charge is 2.30. The summed E-state index contributed by atoms with van der Waals surface area (Å²) in [5.74, 6) is -0.200. The predicted molar refractivity (Wildman–Crippen MR) is 165 cm³/mol. The van der Waals surface area contributed by atoms with E-state index in [1.165, 1.54) is 0 Å². The van der Waals surface area contributed by atoms with Gasteiger partial charge in [-0.3, -0.25) is 14.4 Å². The highest BCUT2D eigenvalue weighted by Crippen LogP contribution is 2.26. The fourth-order valence-electron chi connectivity index (χ4n) is 4.23. The number of primary amides is 1. The molecule has 0 bridgehead atoms. The van der Waals surface area contributed by atoms with Gasteiger partial charge in [0.05, 0.1) is 38.1 Å². The number of nitrogens with one attached hydrogen (secondary N) is 1. The highest BCUT2D eigenvalue weighted by atomic mass is 16.5. The number of methoxy groups -OCH3 is 1. The van der Waals surface area contributed by atoms with Gasteiger partial charge in [0.1, 0.15) is 11.8 Å². The molecule has 1 aromatic heterocycles. The first-order valence-corrected chi connectivity index (χ1v) is 14.1. The van der Waals surface area contributed by atoms with Crippen LogP contribution in [0.1, 0.15) is 43.9 Å². The zero-order chi connectivity index (χ0) is 31.4. The van der Waals surface area contributed by atoms with Crippen molar-refractivity contribution in [2.24, 2.45) is 17.4 Å². The molecule has 0 aliphatic carbocycles. The lowest BCUT2D eigenvalue weighted by Crippen LogP contribution is -2.46. The number of ether oxygens (including phenoxy) is 2. The smallest absolute Gasteiger partial charge is 0.250 e. The van der Waals surface area contributed by atoms with E-state index < -0.39 is 23.4 Å². The number of nitrogens with zero attached hydrogens (tertiary/aromatic N) is 3. The van der Waals surface area contributed by atoms with E-state index in [4.69, 9.17) is 20.9 Å². The maximum Gasteiger partial charge on any atom is 0.250 e. The van der Waals surface area contributed by atoms with Crippen molar-refractivity contribution >= 4 is 23.5 Å². The van der Waals surface area contributed by atoms with Crippen LogP contribution in [0, 0.1) is 5.92 Å². The first-order valence-electron chi connectivity index (χ1n) is 14.1. The van der Waals surface area contributed by atoms with Crippen molar-refractivity contribution < 1.29 is 23.9 Å². The second kappa shape index (κ2) is 15.7. The lowest BCUT2D eigenvalue weighted by molar-refractivity contribution is -0.132. The summed E-state index contributed by atoms with van der Waals surface area (Å²) in [5, 5.41) is 2.83. The van der Waals surface area contributed by atoms with E-state index in [1.807, 2.05) is 59.5 Å². The molecule has 11 nitrogen and oxygen atoms in total. The molecule has 2 aromatic carbocycles. The quantitative estimate of drug-likeness (QED) is 0.274. The van der Waals surface area contributed by atoms with Crippen LogP contribution in [0.2, 0.25) is 0 Å². The minimum absolute atomic E-state index is 0.00576. The third-order valence-electron chi connectivity index (χ3n) is 6.90. The molecule has 4 rings (SSSR count). The van der Waals surface area contributed by atoms with E-state index in [2.05, 4.69) is 16.9 Å². The second-order valence-corrected chi connectivity index (χ2v) is 10.8. The fraction of sp³-hybridized carbons (Fsp3) is 0.375. The average Bonchev–Trinajstić information content (AvgIpc) is 3.69. The molecule has 5 N–H and O–H groups in total. The predicted octanol–water partition coefficient (Wildman–Crippen LogP) is 3.27. The van der Waals surface area contributed by atoms with Crippen LogP contribution in [0.15, 0.2) is 79.8 Å². The van der Waals surface area contributed by atoms with Crippen LogP contribution in [0.25, 0.3) is 0 Å². The fourth-order valence-corrected chi connectivity index (χ4v) is 4.23. The Morgan fingerprint density at radius 2 is 1.72 bits per heavy atom. The zero-order valence-electron chi connectivity index (χ0n) is 25.1. The Morgan fingerprint density at radius 3 is 2.28 bits per heavy atom. The first-order chi connectivity index (χ1) is 20.5. The SMILES string of the molecule is C=CC(COCc1ccccc1)C(=O)Nc1cn(C(C(=O)N2CCCC2)c2ccc(OC)cc2)cn1.CC(C)(N)C(N)=O. The van der Waals surface area contributed by atoms with E-state index in [-0.39, 0.29) is 18.4 Å². The van der Waals surface area contributed by atoms with Gasteiger partial charge in [0.2, 0.25) is 17.7 Å². The van der Waals surface area contributed by atoms with Crippen LogP contribution < -0.4 is 21.5 Å². The first kappa shape index (κ1) is 33.0. The zero-order valence-corrected chi connectivity index (χ0v) is 25.1. The molecule has 11 heteroatoms. The number of amides is 3. The molecular formula is C32H42N6O5. The molecule has 0 saturated carbocycles. The third-order valence-corrected chi connectivity index (χ3v) is 6.90. The van der Waals surface area contributed by atoms with E-state index in [0.29, 0.717) is 12.4 Å². The van der Waals surface area contributed by atoms with Gasteiger partial charge in [0.15, 0.2) is 5.82 Å². The Kier molecular flexibility index (Phi) is 12.0. The van der Waals surface area contributed by atoms with Gasteiger partial charge in [-0.1, -0.05) is 48.5 Å². The van der Waals surface area contributed by atoms with Crippen molar-refractivity contribution in [2.45, 2.75) is 44.9 Å². The molecule has 2 atom stereocenters. The number of carbonyl (C=O) groups excluding carboxylic acids is 3. The Balaban J connectivity index is 0.000000646. The summed E-state index contributed by atoms with van der Waals surface area (Å²) in [6.45, 7) is 9.01. The molecule has 0 radical (unpaired) electrons. The lowest BCUT2D eigenvalue weighted by atomic mass is 10.1. The van der Waals surface area contributed by atoms with Crippen molar-refractivity contribution in [3.63, 3.8) is 0 Å².